The van der Waals surface area contributed by atoms with Crippen LogP contribution in [-0.2, 0) is 9.47 Å². The third-order valence-corrected chi connectivity index (χ3v) is 9.77. The first-order chi connectivity index (χ1) is 29.1. The number of anilines is 2. The van der Waals surface area contributed by atoms with Crippen molar-refractivity contribution in [2.75, 3.05) is 23.8 Å². The van der Waals surface area contributed by atoms with E-state index in [1.54, 1.807) is 48.5 Å². The molecule has 6 aromatic rings. The average molecular weight is 791 g/mol. The van der Waals surface area contributed by atoms with Gasteiger partial charge < -0.3 is 14.6 Å². The van der Waals surface area contributed by atoms with Gasteiger partial charge in [0.1, 0.15) is 18.8 Å². The first-order valence-electron chi connectivity index (χ1n) is 19.2. The van der Waals surface area contributed by atoms with Crippen molar-refractivity contribution in [2.45, 2.75) is 31.3 Å². The van der Waals surface area contributed by atoms with Gasteiger partial charge in [0.05, 0.1) is 12.1 Å². The number of fused-ring (bicyclic) bond motifs is 6. The van der Waals surface area contributed by atoms with Crippen LogP contribution < -0.4 is 10.6 Å². The largest absolute Gasteiger partial charge is 0.448 e. The molecule has 2 aliphatic rings. The highest BCUT2D eigenvalue weighted by atomic mass is 16.6. The van der Waals surface area contributed by atoms with Crippen molar-refractivity contribution in [3.05, 3.63) is 185 Å². The van der Waals surface area contributed by atoms with Gasteiger partial charge in [-0.25, -0.2) is 9.59 Å². The molecule has 0 saturated carbocycles. The summed E-state index contributed by atoms with van der Waals surface area (Å²) in [4.78, 5) is 24.4. The minimum atomic E-state index is -1.15. The number of carbonyl (C=O) groups is 2. The fourth-order valence-electron chi connectivity index (χ4n) is 6.97. The van der Waals surface area contributed by atoms with Crippen LogP contribution in [0, 0.1) is 35.0 Å². The molecule has 9 nitrogen and oxygen atoms in total. The normalized spacial score (nSPS) is 11.9. The van der Waals surface area contributed by atoms with E-state index in [1.807, 2.05) is 66.7 Å². The molecule has 0 fully saturated rings. The number of benzene rings is 6. The van der Waals surface area contributed by atoms with Gasteiger partial charge in [-0.15, -0.1) is 6.42 Å². The Morgan fingerprint density at radius 2 is 0.983 bits per heavy atom. The number of carbonyl (C=O) groups excluding carboxylic acids is 2. The van der Waals surface area contributed by atoms with Gasteiger partial charge in [-0.3, -0.25) is 10.6 Å². The topological polar surface area (TPSA) is 144 Å². The first-order valence-corrected chi connectivity index (χ1v) is 19.2. The van der Waals surface area contributed by atoms with E-state index in [2.05, 4.69) is 65.1 Å². The highest BCUT2D eigenvalue weighted by molar-refractivity contribution is 5.86. The van der Waals surface area contributed by atoms with E-state index < -0.39 is 17.8 Å². The number of amides is 2. The Hall–Kier alpha value is -7.90. The molecule has 0 saturated heterocycles. The van der Waals surface area contributed by atoms with Gasteiger partial charge in [-0.1, -0.05) is 115 Å². The fraction of sp³-hybridized carbons (Fsp3) is 0.137. The van der Waals surface area contributed by atoms with E-state index in [-0.39, 0.29) is 18.4 Å². The zero-order chi connectivity index (χ0) is 42.5. The molecule has 0 aliphatic heterocycles. The summed E-state index contributed by atoms with van der Waals surface area (Å²) in [6, 6.07) is 50.9. The molecular formula is C51H42N4O5. The van der Waals surface area contributed by atoms with Crippen molar-refractivity contribution in [3.8, 4) is 46.7 Å². The Balaban J connectivity index is 0.000000178. The molecule has 60 heavy (non-hydrogen) atoms. The fourth-order valence-corrected chi connectivity index (χ4v) is 6.97. The van der Waals surface area contributed by atoms with E-state index >= 15 is 0 Å². The Morgan fingerprint density at radius 3 is 1.32 bits per heavy atom. The number of nitrogens with zero attached hydrogens (tertiary/aromatic N) is 2. The van der Waals surface area contributed by atoms with Crippen LogP contribution in [0.25, 0.3) is 28.3 Å². The quantitative estimate of drug-likeness (QED) is 0.0829. The summed E-state index contributed by atoms with van der Waals surface area (Å²) >= 11 is 0. The number of ether oxygens (including phenoxy) is 2. The minimum absolute atomic E-state index is 0.0386. The number of nitriles is 2. The van der Waals surface area contributed by atoms with Crippen LogP contribution in [0.1, 0.15) is 59.1 Å². The molecule has 0 bridgehead atoms. The van der Waals surface area contributed by atoms with Crippen LogP contribution >= 0.6 is 0 Å². The molecule has 0 radical (unpaired) electrons. The van der Waals surface area contributed by atoms with E-state index in [0.717, 1.165) is 11.1 Å². The molecule has 2 amide bonds. The SMILES string of the molecule is C#Cc1ccc(NC(=O)OCC2c3ccccc3-c3ccccc32)cc1.CC(C)(O)C#N.N#C/C=C/c1ccc(NC(=O)OCC2c3ccccc3-c3ccccc32)cc1. The average Bonchev–Trinajstić information content (AvgIpc) is 3.77. The van der Waals surface area contributed by atoms with Crippen LogP contribution in [0.15, 0.2) is 152 Å². The lowest BCUT2D eigenvalue weighted by molar-refractivity contribution is 0.141. The van der Waals surface area contributed by atoms with E-state index in [1.165, 1.54) is 64.4 Å². The first kappa shape index (κ1) is 41.7. The van der Waals surface area contributed by atoms with Crippen molar-refractivity contribution in [1.29, 1.82) is 10.5 Å². The van der Waals surface area contributed by atoms with Crippen LogP contribution in [-0.4, -0.2) is 36.1 Å². The number of rotatable bonds is 7. The number of nitrogens with one attached hydrogen (secondary N) is 2. The summed E-state index contributed by atoms with van der Waals surface area (Å²) in [5.41, 5.74) is 11.4. The highest BCUT2D eigenvalue weighted by Crippen LogP contribution is 2.45. The summed E-state index contributed by atoms with van der Waals surface area (Å²) in [5.74, 6) is 2.64. The van der Waals surface area contributed by atoms with Crippen molar-refractivity contribution < 1.29 is 24.2 Å². The predicted octanol–water partition coefficient (Wildman–Crippen LogP) is 10.9. The van der Waals surface area contributed by atoms with E-state index in [4.69, 9.17) is 31.5 Å². The third kappa shape index (κ3) is 10.5. The number of hydrogen-bond acceptors (Lipinski definition) is 7. The zero-order valence-electron chi connectivity index (χ0n) is 33.1. The molecule has 9 heteroatoms. The van der Waals surface area contributed by atoms with Crippen LogP contribution in [0.3, 0.4) is 0 Å². The summed E-state index contributed by atoms with van der Waals surface area (Å²) in [6.07, 6.45) is 7.49. The Bertz CT molecular complexity index is 2530. The molecule has 0 spiro atoms. The van der Waals surface area contributed by atoms with Gasteiger partial charge in [0, 0.05) is 34.9 Å². The lowest BCUT2D eigenvalue weighted by Crippen LogP contribution is -2.17. The predicted molar refractivity (Wildman–Crippen MR) is 235 cm³/mol. The second kappa shape index (κ2) is 19.5. The van der Waals surface area contributed by atoms with Gasteiger partial charge >= 0.3 is 12.2 Å². The van der Waals surface area contributed by atoms with Crippen molar-refractivity contribution in [1.82, 2.24) is 0 Å². The Labute approximate surface area is 350 Å². The summed E-state index contributed by atoms with van der Waals surface area (Å²) < 4.78 is 11.0. The lowest BCUT2D eigenvalue weighted by atomic mass is 9.98. The van der Waals surface area contributed by atoms with Crippen LogP contribution in [0.5, 0.6) is 0 Å². The molecule has 0 aromatic heterocycles. The monoisotopic (exact) mass is 790 g/mol. The zero-order valence-corrected chi connectivity index (χ0v) is 33.1. The summed E-state index contributed by atoms with van der Waals surface area (Å²) in [5, 5.41) is 30.4. The van der Waals surface area contributed by atoms with Gasteiger partial charge in [0.2, 0.25) is 0 Å². The molecule has 8 rings (SSSR count). The second-order valence-corrected chi connectivity index (χ2v) is 14.4. The molecule has 6 aromatic carbocycles. The Kier molecular flexibility index (Phi) is 13.6. The second-order valence-electron chi connectivity index (χ2n) is 14.4. The van der Waals surface area contributed by atoms with Crippen molar-refractivity contribution in [2.24, 2.45) is 0 Å². The van der Waals surface area contributed by atoms with E-state index in [0.29, 0.717) is 18.0 Å². The van der Waals surface area contributed by atoms with Crippen molar-refractivity contribution in [3.63, 3.8) is 0 Å². The third-order valence-electron chi connectivity index (χ3n) is 9.77. The highest BCUT2D eigenvalue weighted by Gasteiger charge is 2.30. The minimum Gasteiger partial charge on any atom is -0.448 e. The molecular weight excluding hydrogens is 749 g/mol. The van der Waals surface area contributed by atoms with Crippen molar-refractivity contribution >= 4 is 29.6 Å². The Morgan fingerprint density at radius 1 is 0.633 bits per heavy atom. The maximum Gasteiger partial charge on any atom is 0.411 e. The van der Waals surface area contributed by atoms with Gasteiger partial charge in [-0.05, 0) is 106 Å². The molecule has 0 unspecified atom stereocenters. The van der Waals surface area contributed by atoms with Gasteiger partial charge in [0.25, 0.3) is 0 Å². The smallest absolute Gasteiger partial charge is 0.411 e. The number of allylic oxidation sites excluding steroid dienone is 1. The maximum atomic E-state index is 12.3. The number of hydrogen-bond donors (Lipinski definition) is 3. The summed E-state index contributed by atoms with van der Waals surface area (Å²) in [6.45, 7) is 3.45. The van der Waals surface area contributed by atoms with Gasteiger partial charge in [0.15, 0.2) is 0 Å². The lowest BCUT2D eigenvalue weighted by Gasteiger charge is -2.14. The van der Waals surface area contributed by atoms with Crippen LogP contribution in [0.2, 0.25) is 0 Å². The molecule has 296 valence electrons. The molecule has 0 heterocycles. The van der Waals surface area contributed by atoms with E-state index in [9.17, 15) is 9.59 Å². The number of terminal acetylenes is 1. The molecule has 0 atom stereocenters. The number of aliphatic hydroxyl groups is 1. The summed E-state index contributed by atoms with van der Waals surface area (Å²) in [7, 11) is 0. The van der Waals surface area contributed by atoms with Gasteiger partial charge in [-0.2, -0.15) is 10.5 Å². The maximum absolute atomic E-state index is 12.3. The molecule has 3 N–H and O–H groups in total. The standard InChI is InChI=1S/C24H18N2O2.C23H17NO2.C4H7NO/c25-15-5-6-17-11-13-18(14-12-17)26-24(27)28-16-23-21-9-3-1-7-19(21)20-8-2-4-10-22(20)23;1-2-16-11-13-17(14-12-16)24-23(25)26-15-22-20-9-5-3-7-18(20)19-8-4-6-10-21(19)22;1-4(2,6)3-5/h1-14,23H,16H2,(H,26,27);1,3-14,22H,15H2,(H,24,25);6H,1-2H3/b6-5+;;. The van der Waals surface area contributed by atoms with Crippen LogP contribution in [0.4, 0.5) is 21.0 Å². The molecule has 2 aliphatic carbocycles.